The molecule has 10 heteroatoms. The molecule has 0 atom stereocenters. The van der Waals surface area contributed by atoms with Gasteiger partial charge in [-0.15, -0.1) is 0 Å². The van der Waals surface area contributed by atoms with Crippen molar-refractivity contribution in [3.63, 3.8) is 0 Å². The average Bonchev–Trinajstić information content (AvgIpc) is 2.74. The lowest BCUT2D eigenvalue weighted by Crippen LogP contribution is -2.47. The van der Waals surface area contributed by atoms with Crippen molar-refractivity contribution in [2.24, 2.45) is 11.7 Å². The minimum atomic E-state index is -4.05. The first-order valence-electron chi connectivity index (χ1n) is 9.71. The van der Waals surface area contributed by atoms with Gasteiger partial charge in [0.1, 0.15) is 6.54 Å². The molecule has 0 unspecified atom stereocenters. The van der Waals surface area contributed by atoms with Crippen molar-refractivity contribution < 1.29 is 18.0 Å². The van der Waals surface area contributed by atoms with E-state index >= 15 is 0 Å². The second-order valence-corrected chi connectivity index (χ2v) is 10.2. The largest absolute Gasteiger partial charge is 0.369 e. The van der Waals surface area contributed by atoms with Crippen molar-refractivity contribution in [1.29, 1.82) is 0 Å². The number of hydrogen-bond acceptors (Lipinski definition) is 4. The number of benzene rings is 2. The Morgan fingerprint density at radius 1 is 1.06 bits per heavy atom. The Labute approximate surface area is 191 Å². The van der Waals surface area contributed by atoms with Gasteiger partial charge in [0.25, 0.3) is 10.0 Å². The standard InChI is InChI=1S/C21H23Cl2N3O4S/c1-14-2-5-17(6-3-14)31(29,30)26(16-4-7-18(22)19(23)12-16)13-20(27)25-10-8-15(9-11-25)21(24)28/h2-7,12,15H,8-11,13H2,1H3,(H2,24,28). The van der Waals surface area contributed by atoms with E-state index in [1.165, 1.54) is 30.3 Å². The summed E-state index contributed by atoms with van der Waals surface area (Å²) in [7, 11) is -4.05. The zero-order valence-corrected chi connectivity index (χ0v) is 19.3. The van der Waals surface area contributed by atoms with Gasteiger partial charge in [-0.3, -0.25) is 13.9 Å². The number of piperidine rings is 1. The Hall–Kier alpha value is -2.29. The van der Waals surface area contributed by atoms with Crippen molar-refractivity contribution in [1.82, 2.24) is 4.90 Å². The second kappa shape index (κ2) is 9.46. The van der Waals surface area contributed by atoms with E-state index in [2.05, 4.69) is 0 Å². The zero-order chi connectivity index (χ0) is 22.8. The monoisotopic (exact) mass is 483 g/mol. The van der Waals surface area contributed by atoms with Gasteiger partial charge < -0.3 is 10.6 Å². The molecule has 0 saturated carbocycles. The molecule has 1 fully saturated rings. The van der Waals surface area contributed by atoms with Crippen molar-refractivity contribution in [3.05, 3.63) is 58.1 Å². The van der Waals surface area contributed by atoms with E-state index in [9.17, 15) is 18.0 Å². The number of aryl methyl sites for hydroxylation is 1. The molecule has 2 N–H and O–H groups in total. The topological polar surface area (TPSA) is 101 Å². The lowest BCUT2D eigenvalue weighted by molar-refractivity contribution is -0.133. The molecule has 0 aromatic heterocycles. The molecule has 1 saturated heterocycles. The van der Waals surface area contributed by atoms with Crippen LogP contribution in [0.2, 0.25) is 10.0 Å². The van der Waals surface area contributed by atoms with Gasteiger partial charge in [0, 0.05) is 19.0 Å². The third-order valence-electron chi connectivity index (χ3n) is 5.33. The van der Waals surface area contributed by atoms with Crippen LogP contribution in [0.3, 0.4) is 0 Å². The normalized spacial score (nSPS) is 15.0. The molecule has 166 valence electrons. The van der Waals surface area contributed by atoms with E-state index in [-0.39, 0.29) is 38.4 Å². The van der Waals surface area contributed by atoms with Crippen LogP contribution < -0.4 is 10.0 Å². The lowest BCUT2D eigenvalue weighted by Gasteiger charge is -2.33. The van der Waals surface area contributed by atoms with Gasteiger partial charge in [0.05, 0.1) is 20.6 Å². The number of sulfonamides is 1. The smallest absolute Gasteiger partial charge is 0.264 e. The number of anilines is 1. The zero-order valence-electron chi connectivity index (χ0n) is 16.9. The molecular weight excluding hydrogens is 461 g/mol. The highest BCUT2D eigenvalue weighted by atomic mass is 35.5. The number of hydrogen-bond donors (Lipinski definition) is 1. The summed E-state index contributed by atoms with van der Waals surface area (Å²) >= 11 is 12.1. The third-order valence-corrected chi connectivity index (χ3v) is 7.86. The summed E-state index contributed by atoms with van der Waals surface area (Å²) in [6.45, 7) is 2.13. The number of nitrogens with two attached hydrogens (primary N) is 1. The Morgan fingerprint density at radius 3 is 2.23 bits per heavy atom. The first-order valence-corrected chi connectivity index (χ1v) is 11.9. The van der Waals surface area contributed by atoms with E-state index in [0.717, 1.165) is 9.87 Å². The molecule has 0 aliphatic carbocycles. The van der Waals surface area contributed by atoms with E-state index in [1.54, 1.807) is 17.0 Å². The van der Waals surface area contributed by atoms with Crippen molar-refractivity contribution in [2.45, 2.75) is 24.7 Å². The molecule has 7 nitrogen and oxygen atoms in total. The van der Waals surface area contributed by atoms with Gasteiger partial charge in [-0.2, -0.15) is 0 Å². The quantitative estimate of drug-likeness (QED) is 0.681. The van der Waals surface area contributed by atoms with Gasteiger partial charge in [0.15, 0.2) is 0 Å². The third kappa shape index (κ3) is 5.31. The number of halogens is 2. The van der Waals surface area contributed by atoms with E-state index in [1.807, 2.05) is 6.92 Å². The maximum Gasteiger partial charge on any atom is 0.264 e. The molecule has 0 radical (unpaired) electrons. The highest BCUT2D eigenvalue weighted by Gasteiger charge is 2.31. The van der Waals surface area contributed by atoms with Crippen LogP contribution in [0.5, 0.6) is 0 Å². The van der Waals surface area contributed by atoms with Crippen LogP contribution in [0.25, 0.3) is 0 Å². The molecule has 2 aromatic rings. The number of rotatable bonds is 6. The van der Waals surface area contributed by atoms with Crippen LogP contribution in [0.4, 0.5) is 5.69 Å². The maximum atomic E-state index is 13.4. The lowest BCUT2D eigenvalue weighted by atomic mass is 9.96. The van der Waals surface area contributed by atoms with Crippen LogP contribution in [0, 0.1) is 12.8 Å². The molecule has 0 bridgehead atoms. The number of amides is 2. The summed E-state index contributed by atoms with van der Waals surface area (Å²) in [6.07, 6.45) is 0.914. The predicted octanol–water partition coefficient (Wildman–Crippen LogP) is 3.22. The molecule has 1 aliphatic heterocycles. The van der Waals surface area contributed by atoms with Gasteiger partial charge in [-0.05, 0) is 50.1 Å². The van der Waals surface area contributed by atoms with Crippen molar-refractivity contribution in [3.8, 4) is 0 Å². The highest BCUT2D eigenvalue weighted by molar-refractivity contribution is 7.92. The number of nitrogens with zero attached hydrogens (tertiary/aromatic N) is 2. The van der Waals surface area contributed by atoms with Gasteiger partial charge in [-0.1, -0.05) is 40.9 Å². The fourth-order valence-corrected chi connectivity index (χ4v) is 5.13. The van der Waals surface area contributed by atoms with Crippen molar-refractivity contribution >= 4 is 50.7 Å². The number of carbonyl (C=O) groups is 2. The molecule has 1 heterocycles. The van der Waals surface area contributed by atoms with Crippen molar-refractivity contribution in [2.75, 3.05) is 23.9 Å². The van der Waals surface area contributed by atoms with E-state index in [0.29, 0.717) is 25.9 Å². The molecule has 3 rings (SSSR count). The fraction of sp³-hybridized carbons (Fsp3) is 0.333. The van der Waals surface area contributed by atoms with Gasteiger partial charge in [0.2, 0.25) is 11.8 Å². The van der Waals surface area contributed by atoms with Crippen LogP contribution in [0.15, 0.2) is 47.4 Å². The van der Waals surface area contributed by atoms with E-state index < -0.39 is 16.6 Å². The first kappa shape index (κ1) is 23.4. The Morgan fingerprint density at radius 2 is 1.68 bits per heavy atom. The van der Waals surface area contributed by atoms with Gasteiger partial charge in [-0.25, -0.2) is 8.42 Å². The molecule has 2 amide bonds. The van der Waals surface area contributed by atoms with Gasteiger partial charge >= 0.3 is 0 Å². The van der Waals surface area contributed by atoms with Crippen LogP contribution in [-0.4, -0.2) is 44.8 Å². The second-order valence-electron chi connectivity index (χ2n) is 7.48. The summed E-state index contributed by atoms with van der Waals surface area (Å²) in [5.41, 5.74) is 6.49. The minimum Gasteiger partial charge on any atom is -0.369 e. The molecular formula is C21H23Cl2N3O4S. The van der Waals surface area contributed by atoms with Crippen LogP contribution in [-0.2, 0) is 19.6 Å². The SMILES string of the molecule is Cc1ccc(S(=O)(=O)N(CC(=O)N2CCC(C(N)=O)CC2)c2ccc(Cl)c(Cl)c2)cc1. The molecule has 31 heavy (non-hydrogen) atoms. The summed E-state index contributed by atoms with van der Waals surface area (Å²) in [5, 5.41) is 0.455. The number of carbonyl (C=O) groups excluding carboxylic acids is 2. The summed E-state index contributed by atoms with van der Waals surface area (Å²) in [4.78, 5) is 26.0. The fourth-order valence-electron chi connectivity index (χ4n) is 3.43. The Bertz CT molecular complexity index is 1080. The van der Waals surface area contributed by atoms with Crippen LogP contribution >= 0.6 is 23.2 Å². The molecule has 1 aliphatic rings. The van der Waals surface area contributed by atoms with Crippen LogP contribution in [0.1, 0.15) is 18.4 Å². The molecule has 0 spiro atoms. The maximum absolute atomic E-state index is 13.4. The average molecular weight is 484 g/mol. The van der Waals surface area contributed by atoms with E-state index in [4.69, 9.17) is 28.9 Å². The highest BCUT2D eigenvalue weighted by Crippen LogP contribution is 2.31. The molecule has 2 aromatic carbocycles. The number of primary amides is 1. The first-order chi connectivity index (χ1) is 14.6. The minimum absolute atomic E-state index is 0.0596. The number of likely N-dealkylation sites (tertiary alicyclic amines) is 1. The summed E-state index contributed by atoms with van der Waals surface area (Å²) in [5.74, 6) is -1.03. The Kier molecular flexibility index (Phi) is 7.13. The summed E-state index contributed by atoms with van der Waals surface area (Å²) < 4.78 is 27.9. The summed E-state index contributed by atoms with van der Waals surface area (Å²) in [6, 6.07) is 10.8. The Balaban J connectivity index is 1.91. The predicted molar refractivity (Wildman–Crippen MR) is 121 cm³/mol.